The van der Waals surface area contributed by atoms with Gasteiger partial charge >= 0.3 is 5.97 Å². The molecular weight excluding hydrogens is 208 g/mol. The summed E-state index contributed by atoms with van der Waals surface area (Å²) in [7, 11) is -4.30. The minimum absolute atomic E-state index is 0.367. The first-order valence-electron chi connectivity index (χ1n) is 4.30. The van der Waals surface area contributed by atoms with Gasteiger partial charge in [-0.2, -0.15) is 0 Å². The molecule has 0 aromatic rings. The van der Waals surface area contributed by atoms with Crippen LogP contribution in [0.1, 0.15) is 27.2 Å². The van der Waals surface area contributed by atoms with Crippen molar-refractivity contribution >= 4 is 16.1 Å². The highest BCUT2D eigenvalue weighted by Crippen LogP contribution is 2.21. The Morgan fingerprint density at radius 3 is 2.29 bits per heavy atom. The van der Waals surface area contributed by atoms with Gasteiger partial charge in [0.15, 0.2) is 0 Å². The van der Waals surface area contributed by atoms with Gasteiger partial charge in [0.25, 0.3) is 0 Å². The molecule has 0 unspecified atom stereocenters. The molecule has 0 atom stereocenters. The van der Waals surface area contributed by atoms with Crippen molar-refractivity contribution in [2.45, 2.75) is 27.2 Å². The van der Waals surface area contributed by atoms with Gasteiger partial charge in [-0.1, -0.05) is 6.92 Å². The van der Waals surface area contributed by atoms with E-state index in [0.29, 0.717) is 6.42 Å². The van der Waals surface area contributed by atoms with Crippen LogP contribution in [0.5, 0.6) is 0 Å². The molecule has 6 heteroatoms. The molecule has 0 aliphatic carbocycles. The highest BCUT2D eigenvalue weighted by Gasteiger charge is 2.26. The number of ether oxygens (including phenoxy) is 1. The van der Waals surface area contributed by atoms with Crippen LogP contribution in [0.25, 0.3) is 0 Å². The summed E-state index contributed by atoms with van der Waals surface area (Å²) < 4.78 is 35.2. The zero-order valence-electron chi connectivity index (χ0n) is 8.57. The number of hydrogen-bond donors (Lipinski definition) is 0. The smallest absolute Gasteiger partial charge is 0.311 e. The van der Waals surface area contributed by atoms with E-state index >= 15 is 0 Å². The molecule has 5 nitrogen and oxygen atoms in total. The Labute approximate surface area is 84.2 Å². The zero-order valence-corrected chi connectivity index (χ0v) is 9.39. The monoisotopic (exact) mass is 223 g/mol. The van der Waals surface area contributed by atoms with Gasteiger partial charge < -0.3 is 9.29 Å². The fraction of sp³-hybridized carbons (Fsp3) is 0.875. The Morgan fingerprint density at radius 2 is 1.93 bits per heavy atom. The van der Waals surface area contributed by atoms with E-state index in [-0.39, 0.29) is 6.61 Å². The molecule has 0 radical (unpaired) electrons. The van der Waals surface area contributed by atoms with E-state index in [1.807, 2.05) is 6.92 Å². The van der Waals surface area contributed by atoms with Gasteiger partial charge in [0, 0.05) is 0 Å². The largest absolute Gasteiger partial charge is 0.748 e. The summed E-state index contributed by atoms with van der Waals surface area (Å²) >= 11 is 0. The van der Waals surface area contributed by atoms with Crippen molar-refractivity contribution in [3.05, 3.63) is 0 Å². The van der Waals surface area contributed by atoms with Crippen LogP contribution in [0.4, 0.5) is 0 Å². The first-order chi connectivity index (χ1) is 6.19. The van der Waals surface area contributed by atoms with Crippen LogP contribution in [-0.4, -0.2) is 31.3 Å². The summed E-state index contributed by atoms with van der Waals surface area (Å²) in [5.41, 5.74) is -0.632. The molecule has 0 rings (SSSR count). The molecule has 84 valence electrons. The highest BCUT2D eigenvalue weighted by atomic mass is 32.2. The van der Waals surface area contributed by atoms with E-state index in [9.17, 15) is 17.8 Å². The van der Waals surface area contributed by atoms with Crippen LogP contribution in [0.3, 0.4) is 0 Å². The lowest BCUT2D eigenvalue weighted by Crippen LogP contribution is -2.27. The lowest BCUT2D eigenvalue weighted by Gasteiger charge is -2.20. The standard InChI is InChI=1S/C8H16O5S/c1-4-8(2,3)7(9)13-5-6-14(10,11)12/h4-6H2,1-3H3,(H,10,11,12)/p-1. The van der Waals surface area contributed by atoms with Crippen molar-refractivity contribution in [1.82, 2.24) is 0 Å². The van der Waals surface area contributed by atoms with E-state index in [0.717, 1.165) is 0 Å². The quantitative estimate of drug-likeness (QED) is 0.501. The number of esters is 1. The van der Waals surface area contributed by atoms with Crippen LogP contribution in [0.15, 0.2) is 0 Å². The van der Waals surface area contributed by atoms with Crippen LogP contribution in [-0.2, 0) is 19.6 Å². The van der Waals surface area contributed by atoms with Gasteiger partial charge in [-0.05, 0) is 20.3 Å². The second kappa shape index (κ2) is 4.75. The maximum absolute atomic E-state index is 11.3. The molecule has 0 aromatic carbocycles. The maximum Gasteiger partial charge on any atom is 0.311 e. The van der Waals surface area contributed by atoms with E-state index < -0.39 is 27.3 Å². The average Bonchev–Trinajstić information content (AvgIpc) is 2.02. The molecule has 0 fully saturated rings. The molecule has 0 aliphatic heterocycles. The molecule has 0 bridgehead atoms. The molecule has 0 saturated heterocycles. The second-order valence-electron chi connectivity index (χ2n) is 3.64. The highest BCUT2D eigenvalue weighted by molar-refractivity contribution is 7.85. The fourth-order valence-corrected chi connectivity index (χ4v) is 0.864. The normalized spacial score (nSPS) is 12.6. The van der Waals surface area contributed by atoms with Crippen LogP contribution < -0.4 is 0 Å². The molecule has 14 heavy (non-hydrogen) atoms. The van der Waals surface area contributed by atoms with Gasteiger partial charge in [-0.3, -0.25) is 4.79 Å². The molecular formula is C8H15O5S-. The van der Waals surface area contributed by atoms with Gasteiger partial charge in [0.1, 0.15) is 6.61 Å². The predicted molar refractivity (Wildman–Crippen MR) is 49.6 cm³/mol. The Morgan fingerprint density at radius 1 is 1.43 bits per heavy atom. The summed E-state index contributed by atoms with van der Waals surface area (Å²) in [6.45, 7) is 4.85. The SMILES string of the molecule is CCC(C)(C)C(=O)OCCS(=O)(=O)[O-]. The summed E-state index contributed by atoms with van der Waals surface area (Å²) in [6.07, 6.45) is 0.593. The Kier molecular flexibility index (Phi) is 4.54. The molecule has 0 aromatic heterocycles. The van der Waals surface area contributed by atoms with Gasteiger partial charge in [-0.25, -0.2) is 8.42 Å². The minimum atomic E-state index is -4.30. The van der Waals surface area contributed by atoms with Crippen molar-refractivity contribution in [3.63, 3.8) is 0 Å². The third kappa shape index (κ3) is 5.18. The maximum atomic E-state index is 11.3. The number of carbonyl (C=O) groups excluding carboxylic acids is 1. The lowest BCUT2D eigenvalue weighted by molar-refractivity contribution is -0.153. The summed E-state index contributed by atoms with van der Waals surface area (Å²) in [5, 5.41) is 0. The van der Waals surface area contributed by atoms with Crippen LogP contribution in [0, 0.1) is 5.41 Å². The van der Waals surface area contributed by atoms with Crippen LogP contribution in [0.2, 0.25) is 0 Å². The molecule has 0 spiro atoms. The molecule has 0 N–H and O–H groups in total. The average molecular weight is 223 g/mol. The number of rotatable bonds is 5. The molecule has 0 aliphatic rings. The van der Waals surface area contributed by atoms with E-state index in [4.69, 9.17) is 0 Å². The van der Waals surface area contributed by atoms with Crippen molar-refractivity contribution in [2.75, 3.05) is 12.4 Å². The number of hydrogen-bond acceptors (Lipinski definition) is 5. The van der Waals surface area contributed by atoms with Crippen molar-refractivity contribution in [3.8, 4) is 0 Å². The first kappa shape index (κ1) is 13.4. The van der Waals surface area contributed by atoms with Gasteiger partial charge in [0.05, 0.1) is 21.3 Å². The topological polar surface area (TPSA) is 83.5 Å². The Hall–Kier alpha value is -0.620. The minimum Gasteiger partial charge on any atom is -0.748 e. The number of carbonyl (C=O) groups is 1. The summed E-state index contributed by atoms with van der Waals surface area (Å²) in [5.74, 6) is -1.15. The van der Waals surface area contributed by atoms with Crippen molar-refractivity contribution < 1.29 is 22.5 Å². The zero-order chi connectivity index (χ0) is 11.4. The summed E-state index contributed by atoms with van der Waals surface area (Å²) in [6, 6.07) is 0. The first-order valence-corrected chi connectivity index (χ1v) is 5.87. The predicted octanol–water partition coefficient (Wildman–Crippen LogP) is 0.511. The van der Waals surface area contributed by atoms with E-state index in [1.165, 1.54) is 0 Å². The fourth-order valence-electron chi connectivity index (χ4n) is 0.576. The van der Waals surface area contributed by atoms with E-state index in [1.54, 1.807) is 13.8 Å². The summed E-state index contributed by atoms with van der Waals surface area (Å²) in [4.78, 5) is 11.3. The molecule has 0 saturated carbocycles. The third-order valence-electron chi connectivity index (χ3n) is 2.00. The lowest BCUT2D eigenvalue weighted by atomic mass is 9.91. The molecule has 0 amide bonds. The third-order valence-corrected chi connectivity index (χ3v) is 2.67. The van der Waals surface area contributed by atoms with Crippen molar-refractivity contribution in [1.29, 1.82) is 0 Å². The van der Waals surface area contributed by atoms with Gasteiger partial charge in [-0.15, -0.1) is 0 Å². The Balaban J connectivity index is 3.99. The van der Waals surface area contributed by atoms with Gasteiger partial charge in [0.2, 0.25) is 0 Å². The van der Waals surface area contributed by atoms with Crippen molar-refractivity contribution in [2.24, 2.45) is 5.41 Å². The molecule has 0 heterocycles. The van der Waals surface area contributed by atoms with Crippen LogP contribution >= 0.6 is 0 Å². The van der Waals surface area contributed by atoms with E-state index in [2.05, 4.69) is 4.74 Å². The second-order valence-corrected chi connectivity index (χ2v) is 5.16. The Bertz CT molecular complexity index is 291.